The molecule has 3 aromatic rings. The molecule has 0 aliphatic heterocycles. The van der Waals surface area contributed by atoms with Gasteiger partial charge in [-0.3, -0.25) is 4.79 Å². The molecule has 1 N–H and O–H groups in total. The number of carbonyl (C=O) groups excluding carboxylic acids is 2. The van der Waals surface area contributed by atoms with Crippen molar-refractivity contribution in [3.8, 4) is 11.5 Å². The Morgan fingerprint density at radius 3 is 2.24 bits per heavy atom. The fraction of sp³-hybridized carbons (Fsp3) is 0.167. The second-order valence-electron chi connectivity index (χ2n) is 6.72. The van der Waals surface area contributed by atoms with Gasteiger partial charge in [0.2, 0.25) is 0 Å². The number of benzene rings is 3. The van der Waals surface area contributed by atoms with E-state index in [9.17, 15) is 9.59 Å². The van der Waals surface area contributed by atoms with Gasteiger partial charge in [0.1, 0.15) is 11.5 Å². The minimum Gasteiger partial charge on any atom is -0.479 e. The Kier molecular flexibility index (Phi) is 6.29. The van der Waals surface area contributed by atoms with Gasteiger partial charge in [-0.05, 0) is 74.4 Å². The summed E-state index contributed by atoms with van der Waals surface area (Å²) in [5, 5.41) is 2.81. The van der Waals surface area contributed by atoms with Gasteiger partial charge in [-0.25, -0.2) is 4.79 Å². The van der Waals surface area contributed by atoms with Gasteiger partial charge in [0.15, 0.2) is 6.10 Å². The van der Waals surface area contributed by atoms with Crippen LogP contribution in [-0.2, 0) is 4.79 Å². The van der Waals surface area contributed by atoms with Crippen LogP contribution < -0.4 is 14.8 Å². The van der Waals surface area contributed by atoms with Crippen LogP contribution in [0.5, 0.6) is 11.5 Å². The Hall–Kier alpha value is -3.60. The van der Waals surface area contributed by atoms with E-state index in [1.165, 1.54) is 0 Å². The first-order valence-electron chi connectivity index (χ1n) is 9.35. The third-order valence-corrected chi connectivity index (χ3v) is 4.56. The lowest BCUT2D eigenvalue weighted by molar-refractivity contribution is -0.141. The summed E-state index contributed by atoms with van der Waals surface area (Å²) in [6.07, 6.45) is -0.767. The molecule has 0 aromatic heterocycles. The van der Waals surface area contributed by atoms with Gasteiger partial charge in [0.05, 0.1) is 0 Å². The van der Waals surface area contributed by atoms with Crippen LogP contribution in [0, 0.1) is 13.8 Å². The van der Waals surface area contributed by atoms with Crippen molar-refractivity contribution >= 4 is 17.6 Å². The average molecular weight is 389 g/mol. The lowest BCUT2D eigenvalue weighted by atomic mass is 10.1. The van der Waals surface area contributed by atoms with E-state index in [4.69, 9.17) is 9.47 Å². The molecule has 0 aliphatic carbocycles. The molecule has 5 nitrogen and oxygen atoms in total. The van der Waals surface area contributed by atoms with E-state index < -0.39 is 12.1 Å². The largest absolute Gasteiger partial charge is 0.479 e. The third kappa shape index (κ3) is 5.23. The van der Waals surface area contributed by atoms with E-state index in [1.54, 1.807) is 31.2 Å². The predicted octanol–water partition coefficient (Wildman–Crippen LogP) is 4.93. The highest BCUT2D eigenvalue weighted by molar-refractivity contribution is 6.04. The first-order valence-corrected chi connectivity index (χ1v) is 9.35. The summed E-state index contributed by atoms with van der Waals surface area (Å²) in [6.45, 7) is 5.58. The molecule has 0 spiro atoms. The second-order valence-corrected chi connectivity index (χ2v) is 6.72. The quantitative estimate of drug-likeness (QED) is 0.480. The molecule has 0 saturated heterocycles. The fourth-order valence-electron chi connectivity index (χ4n) is 2.69. The van der Waals surface area contributed by atoms with Gasteiger partial charge in [-0.1, -0.05) is 30.3 Å². The molecule has 0 radical (unpaired) electrons. The van der Waals surface area contributed by atoms with Gasteiger partial charge in [0, 0.05) is 11.3 Å². The number of esters is 1. The van der Waals surface area contributed by atoms with Crippen molar-refractivity contribution in [2.75, 3.05) is 5.32 Å². The highest BCUT2D eigenvalue weighted by Crippen LogP contribution is 2.22. The SMILES string of the molecule is Cc1cccc(OC(C)C(=O)Oc2ccc(C(=O)Nc3ccccc3)cc2)c1C. The van der Waals surface area contributed by atoms with Crippen molar-refractivity contribution in [3.63, 3.8) is 0 Å². The number of aryl methyl sites for hydroxylation is 1. The van der Waals surface area contributed by atoms with E-state index in [1.807, 2.05) is 62.4 Å². The number of nitrogens with one attached hydrogen (secondary N) is 1. The topological polar surface area (TPSA) is 64.6 Å². The molecule has 0 heterocycles. The second kappa shape index (κ2) is 9.06. The zero-order valence-corrected chi connectivity index (χ0v) is 16.6. The first-order chi connectivity index (χ1) is 13.9. The molecule has 0 bridgehead atoms. The molecule has 29 heavy (non-hydrogen) atoms. The number of hydrogen-bond donors (Lipinski definition) is 1. The fourth-order valence-corrected chi connectivity index (χ4v) is 2.69. The molecular formula is C24H23NO4. The minimum atomic E-state index is -0.767. The molecule has 0 fully saturated rings. The average Bonchev–Trinajstić information content (AvgIpc) is 2.72. The molecular weight excluding hydrogens is 366 g/mol. The van der Waals surface area contributed by atoms with E-state index in [0.717, 1.165) is 11.1 Å². The number of ether oxygens (including phenoxy) is 2. The highest BCUT2D eigenvalue weighted by atomic mass is 16.6. The molecule has 1 unspecified atom stereocenters. The van der Waals surface area contributed by atoms with Crippen LogP contribution in [0.4, 0.5) is 5.69 Å². The first kappa shape index (κ1) is 20.1. The Morgan fingerprint density at radius 2 is 1.55 bits per heavy atom. The Morgan fingerprint density at radius 1 is 0.862 bits per heavy atom. The molecule has 0 aliphatic rings. The van der Waals surface area contributed by atoms with Crippen molar-refractivity contribution in [1.29, 1.82) is 0 Å². The van der Waals surface area contributed by atoms with Crippen molar-refractivity contribution in [3.05, 3.63) is 89.5 Å². The Balaban J connectivity index is 1.59. The molecule has 3 aromatic carbocycles. The van der Waals surface area contributed by atoms with Crippen LogP contribution in [0.15, 0.2) is 72.8 Å². The van der Waals surface area contributed by atoms with Gasteiger partial charge in [0.25, 0.3) is 5.91 Å². The van der Waals surface area contributed by atoms with Gasteiger partial charge in [-0.2, -0.15) is 0 Å². The van der Waals surface area contributed by atoms with Gasteiger partial charge in [-0.15, -0.1) is 0 Å². The zero-order chi connectivity index (χ0) is 20.8. The number of rotatable bonds is 6. The van der Waals surface area contributed by atoms with Crippen LogP contribution >= 0.6 is 0 Å². The Labute approximate surface area is 170 Å². The maximum atomic E-state index is 12.3. The van der Waals surface area contributed by atoms with Crippen molar-refractivity contribution < 1.29 is 19.1 Å². The molecule has 3 rings (SSSR count). The van der Waals surface area contributed by atoms with E-state index in [-0.39, 0.29) is 5.91 Å². The molecule has 0 saturated carbocycles. The summed E-state index contributed by atoms with van der Waals surface area (Å²) < 4.78 is 11.1. The minimum absolute atomic E-state index is 0.235. The number of carbonyl (C=O) groups is 2. The van der Waals surface area contributed by atoms with Crippen LogP contribution in [0.25, 0.3) is 0 Å². The van der Waals surface area contributed by atoms with Crippen LogP contribution in [-0.4, -0.2) is 18.0 Å². The summed E-state index contributed by atoms with van der Waals surface area (Å²) in [6, 6.07) is 21.3. The number of anilines is 1. The summed E-state index contributed by atoms with van der Waals surface area (Å²) in [4.78, 5) is 24.6. The van der Waals surface area contributed by atoms with E-state index in [2.05, 4.69) is 5.32 Å². The summed E-state index contributed by atoms with van der Waals surface area (Å²) in [5.74, 6) is 0.262. The van der Waals surface area contributed by atoms with E-state index >= 15 is 0 Å². The van der Waals surface area contributed by atoms with Crippen molar-refractivity contribution in [2.24, 2.45) is 0 Å². The van der Waals surface area contributed by atoms with E-state index in [0.29, 0.717) is 22.7 Å². The van der Waals surface area contributed by atoms with Crippen LogP contribution in [0.1, 0.15) is 28.4 Å². The summed E-state index contributed by atoms with van der Waals surface area (Å²) in [5.41, 5.74) is 3.26. The zero-order valence-electron chi connectivity index (χ0n) is 16.6. The maximum absolute atomic E-state index is 12.3. The number of hydrogen-bond acceptors (Lipinski definition) is 4. The van der Waals surface area contributed by atoms with Crippen LogP contribution in [0.3, 0.4) is 0 Å². The maximum Gasteiger partial charge on any atom is 0.352 e. The molecule has 1 amide bonds. The lowest BCUT2D eigenvalue weighted by Gasteiger charge is -2.16. The van der Waals surface area contributed by atoms with Crippen LogP contribution in [0.2, 0.25) is 0 Å². The van der Waals surface area contributed by atoms with Crippen molar-refractivity contribution in [1.82, 2.24) is 0 Å². The monoisotopic (exact) mass is 389 g/mol. The Bertz CT molecular complexity index is 997. The highest BCUT2D eigenvalue weighted by Gasteiger charge is 2.19. The molecule has 1 atom stereocenters. The lowest BCUT2D eigenvalue weighted by Crippen LogP contribution is -2.28. The van der Waals surface area contributed by atoms with Crippen molar-refractivity contribution in [2.45, 2.75) is 26.9 Å². The normalized spacial score (nSPS) is 11.4. The summed E-state index contributed by atoms with van der Waals surface area (Å²) in [7, 11) is 0. The predicted molar refractivity (Wildman–Crippen MR) is 112 cm³/mol. The molecule has 148 valence electrons. The number of amides is 1. The summed E-state index contributed by atoms with van der Waals surface area (Å²) >= 11 is 0. The number of para-hydroxylation sites is 1. The third-order valence-electron chi connectivity index (χ3n) is 4.56. The van der Waals surface area contributed by atoms with Gasteiger partial charge < -0.3 is 14.8 Å². The molecule has 5 heteroatoms. The van der Waals surface area contributed by atoms with Gasteiger partial charge >= 0.3 is 5.97 Å². The standard InChI is InChI=1S/C24H23NO4/c1-16-8-7-11-22(17(16)2)28-18(3)24(27)29-21-14-12-19(13-15-21)23(26)25-20-9-5-4-6-10-20/h4-15,18H,1-3H3,(H,25,26). The smallest absolute Gasteiger partial charge is 0.352 e.